The van der Waals surface area contributed by atoms with Gasteiger partial charge in [0.1, 0.15) is 0 Å². The average molecular weight is 347 g/mol. The first-order valence-electron chi connectivity index (χ1n) is 10.7. The van der Waals surface area contributed by atoms with Crippen LogP contribution in [0.15, 0.2) is 0 Å². The van der Waals surface area contributed by atoms with E-state index >= 15 is 0 Å². The minimum absolute atomic E-state index is 0.283. The Balaban J connectivity index is 0. The van der Waals surface area contributed by atoms with Gasteiger partial charge in [-0.2, -0.15) is 0 Å². The fourth-order valence-electron chi connectivity index (χ4n) is 2.71. The van der Waals surface area contributed by atoms with Gasteiger partial charge in [0.05, 0.1) is 0 Å². The highest BCUT2D eigenvalue weighted by Gasteiger charge is 1.93. The minimum atomic E-state index is 0.283. The second kappa shape index (κ2) is 27.7. The van der Waals surface area contributed by atoms with Crippen LogP contribution in [0.2, 0.25) is 0 Å². The third-order valence-electron chi connectivity index (χ3n) is 4.33. The number of aliphatic hydroxyl groups is 3. The van der Waals surface area contributed by atoms with Crippen LogP contribution in [0.4, 0.5) is 0 Å². The summed E-state index contributed by atoms with van der Waals surface area (Å²) >= 11 is 0. The van der Waals surface area contributed by atoms with Crippen LogP contribution in [0.3, 0.4) is 0 Å². The Morgan fingerprint density at radius 2 is 0.542 bits per heavy atom. The van der Waals surface area contributed by atoms with Crippen molar-refractivity contribution in [1.82, 2.24) is 0 Å². The van der Waals surface area contributed by atoms with Gasteiger partial charge in [0.15, 0.2) is 0 Å². The molecule has 24 heavy (non-hydrogen) atoms. The molecule has 0 spiro atoms. The Morgan fingerprint density at radius 1 is 0.333 bits per heavy atom. The van der Waals surface area contributed by atoms with E-state index in [0.717, 1.165) is 32.1 Å². The van der Waals surface area contributed by atoms with Gasteiger partial charge in [-0.05, 0) is 19.3 Å². The largest absolute Gasteiger partial charge is 0.396 e. The lowest BCUT2D eigenvalue weighted by Gasteiger charge is -2.02. The highest BCUT2D eigenvalue weighted by molar-refractivity contribution is 4.48. The molecule has 0 aromatic heterocycles. The fraction of sp³-hybridized carbons (Fsp3) is 1.00. The van der Waals surface area contributed by atoms with Crippen molar-refractivity contribution in [3.05, 3.63) is 0 Å². The van der Waals surface area contributed by atoms with Gasteiger partial charge in [-0.25, -0.2) is 0 Å². The maximum absolute atomic E-state index is 8.63. The molecule has 0 unspecified atom stereocenters. The van der Waals surface area contributed by atoms with E-state index in [-0.39, 0.29) is 13.2 Å². The highest BCUT2D eigenvalue weighted by atomic mass is 16.3. The minimum Gasteiger partial charge on any atom is -0.396 e. The quantitative estimate of drug-likeness (QED) is 0.283. The summed E-state index contributed by atoms with van der Waals surface area (Å²) < 4.78 is 0. The predicted molar refractivity (Wildman–Crippen MR) is 105 cm³/mol. The molecule has 3 heteroatoms. The van der Waals surface area contributed by atoms with E-state index < -0.39 is 0 Å². The number of hydrogen-bond donors (Lipinski definition) is 3. The van der Waals surface area contributed by atoms with Gasteiger partial charge in [0.2, 0.25) is 0 Å². The fourth-order valence-corrected chi connectivity index (χ4v) is 2.71. The van der Waals surface area contributed by atoms with Gasteiger partial charge in [-0.3, -0.25) is 0 Å². The van der Waals surface area contributed by atoms with Crippen molar-refractivity contribution in [3.8, 4) is 0 Å². The summed E-state index contributed by atoms with van der Waals surface area (Å²) in [6.45, 7) is 3.21. The van der Waals surface area contributed by atoms with Gasteiger partial charge in [0.25, 0.3) is 0 Å². The Morgan fingerprint density at radius 3 is 0.750 bits per heavy atom. The SMILES string of the molecule is CCCCCCCCCCCCCCCO.OCCCCCCO. The molecule has 148 valence electrons. The lowest BCUT2D eigenvalue weighted by Crippen LogP contribution is -1.85. The van der Waals surface area contributed by atoms with E-state index in [9.17, 15) is 0 Å². The van der Waals surface area contributed by atoms with Crippen LogP contribution in [0.5, 0.6) is 0 Å². The van der Waals surface area contributed by atoms with Crippen LogP contribution in [0, 0.1) is 0 Å². The molecule has 0 aliphatic carbocycles. The number of unbranched alkanes of at least 4 members (excludes halogenated alkanes) is 15. The van der Waals surface area contributed by atoms with Gasteiger partial charge in [-0.15, -0.1) is 0 Å². The lowest BCUT2D eigenvalue weighted by atomic mass is 10.0. The zero-order chi connectivity index (χ0) is 18.1. The summed E-state index contributed by atoms with van der Waals surface area (Å²) in [7, 11) is 0. The number of hydrogen-bond acceptors (Lipinski definition) is 3. The van der Waals surface area contributed by atoms with Crippen molar-refractivity contribution >= 4 is 0 Å². The average Bonchev–Trinajstić information content (AvgIpc) is 2.60. The molecule has 3 nitrogen and oxygen atoms in total. The Kier molecular flexibility index (Phi) is 30.2. The topological polar surface area (TPSA) is 60.7 Å². The zero-order valence-corrected chi connectivity index (χ0v) is 16.5. The van der Waals surface area contributed by atoms with Crippen molar-refractivity contribution in [3.63, 3.8) is 0 Å². The Bertz CT molecular complexity index is 166. The molecule has 0 saturated carbocycles. The van der Waals surface area contributed by atoms with E-state index in [0.29, 0.717) is 6.61 Å². The standard InChI is InChI=1S/C15H32O.C6H14O2/c1-2-3-4-5-6-7-8-9-10-11-12-13-14-15-16;7-5-3-1-2-4-6-8/h16H,2-15H2,1H3;7-8H,1-6H2. The molecule has 0 radical (unpaired) electrons. The smallest absolute Gasteiger partial charge is 0.0431 e. The normalized spacial score (nSPS) is 10.5. The van der Waals surface area contributed by atoms with Crippen molar-refractivity contribution in [2.24, 2.45) is 0 Å². The number of aliphatic hydroxyl groups excluding tert-OH is 3. The summed E-state index contributed by atoms with van der Waals surface area (Å²) in [6, 6.07) is 0. The molecule has 0 atom stereocenters. The van der Waals surface area contributed by atoms with Crippen LogP contribution in [0.1, 0.15) is 116 Å². The third kappa shape index (κ3) is 29.8. The molecule has 0 rings (SSSR count). The first-order valence-corrected chi connectivity index (χ1v) is 10.7. The number of rotatable bonds is 18. The van der Waals surface area contributed by atoms with Crippen molar-refractivity contribution in [2.75, 3.05) is 19.8 Å². The van der Waals surface area contributed by atoms with Crippen LogP contribution < -0.4 is 0 Å². The monoisotopic (exact) mass is 346 g/mol. The van der Waals surface area contributed by atoms with Crippen LogP contribution in [-0.2, 0) is 0 Å². The van der Waals surface area contributed by atoms with Gasteiger partial charge >= 0.3 is 0 Å². The molecule has 0 aliphatic heterocycles. The zero-order valence-electron chi connectivity index (χ0n) is 16.5. The second-order valence-corrected chi connectivity index (χ2v) is 6.83. The van der Waals surface area contributed by atoms with E-state index in [1.807, 2.05) is 0 Å². The van der Waals surface area contributed by atoms with Gasteiger partial charge < -0.3 is 15.3 Å². The Labute approximate surface area is 151 Å². The first-order chi connectivity index (χ1) is 11.8. The molecular formula is C21H46O3. The summed E-state index contributed by atoms with van der Waals surface area (Å²) in [5.41, 5.74) is 0. The first kappa shape index (κ1) is 26.1. The van der Waals surface area contributed by atoms with Crippen molar-refractivity contribution < 1.29 is 15.3 Å². The third-order valence-corrected chi connectivity index (χ3v) is 4.33. The van der Waals surface area contributed by atoms with Crippen LogP contribution in [-0.4, -0.2) is 35.1 Å². The highest BCUT2D eigenvalue weighted by Crippen LogP contribution is 2.12. The van der Waals surface area contributed by atoms with Crippen molar-refractivity contribution in [1.29, 1.82) is 0 Å². The van der Waals surface area contributed by atoms with E-state index in [4.69, 9.17) is 15.3 Å². The molecule has 0 bridgehead atoms. The van der Waals surface area contributed by atoms with Gasteiger partial charge in [0, 0.05) is 19.8 Å². The van der Waals surface area contributed by atoms with Gasteiger partial charge in [-0.1, -0.05) is 96.8 Å². The van der Waals surface area contributed by atoms with E-state index in [1.165, 1.54) is 77.0 Å². The molecule has 0 aromatic rings. The second-order valence-electron chi connectivity index (χ2n) is 6.83. The van der Waals surface area contributed by atoms with E-state index in [1.54, 1.807) is 0 Å². The molecular weight excluding hydrogens is 300 g/mol. The summed E-state index contributed by atoms with van der Waals surface area (Å²) in [6.07, 6.45) is 21.6. The van der Waals surface area contributed by atoms with Crippen LogP contribution >= 0.6 is 0 Å². The molecule has 0 saturated heterocycles. The molecule has 0 aromatic carbocycles. The molecule has 0 aliphatic rings. The lowest BCUT2D eigenvalue weighted by molar-refractivity contribution is 0.265. The molecule has 0 fully saturated rings. The molecule has 3 N–H and O–H groups in total. The predicted octanol–water partition coefficient (Wildman–Crippen LogP) is 5.60. The summed E-state index contributed by atoms with van der Waals surface area (Å²) in [5, 5.41) is 25.2. The molecule has 0 amide bonds. The summed E-state index contributed by atoms with van der Waals surface area (Å²) in [4.78, 5) is 0. The Hall–Kier alpha value is -0.120. The maximum Gasteiger partial charge on any atom is 0.0431 e. The maximum atomic E-state index is 8.63. The summed E-state index contributed by atoms with van der Waals surface area (Å²) in [5.74, 6) is 0. The van der Waals surface area contributed by atoms with Crippen LogP contribution in [0.25, 0.3) is 0 Å². The molecule has 0 heterocycles. The van der Waals surface area contributed by atoms with Crippen molar-refractivity contribution in [2.45, 2.75) is 116 Å². The van der Waals surface area contributed by atoms with E-state index in [2.05, 4.69) is 6.92 Å².